The number of para-hydroxylation sites is 1. The molecule has 2 N–H and O–H groups in total. The van der Waals surface area contributed by atoms with Crippen molar-refractivity contribution < 1.29 is 12.8 Å². The fraction of sp³-hybridized carbons (Fsp3) is 0.0556. The number of primary sulfonamides is 1. The van der Waals surface area contributed by atoms with Gasteiger partial charge in [0.05, 0.1) is 16.8 Å². The van der Waals surface area contributed by atoms with Gasteiger partial charge in [-0.05, 0) is 48.5 Å². The highest BCUT2D eigenvalue weighted by Crippen LogP contribution is 2.23. The topological polar surface area (TPSA) is 88.9 Å². The lowest BCUT2D eigenvalue weighted by molar-refractivity contribution is 0.574. The van der Waals surface area contributed by atoms with Crippen molar-refractivity contribution in [3.8, 4) is 11.3 Å². The van der Waals surface area contributed by atoms with Crippen LogP contribution >= 0.6 is 0 Å². The number of sulfonamides is 1. The molecule has 0 atom stereocenters. The highest BCUT2D eigenvalue weighted by Gasteiger charge is 2.09. The second kappa shape index (κ2) is 6.92. The maximum atomic E-state index is 11.3. The largest absolute Gasteiger partial charge is 0.455 e. The van der Waals surface area contributed by atoms with Crippen molar-refractivity contribution >= 4 is 21.9 Å². The van der Waals surface area contributed by atoms with Gasteiger partial charge in [0.1, 0.15) is 11.5 Å². The third kappa shape index (κ3) is 4.14. The smallest absolute Gasteiger partial charge is 0.238 e. The zero-order chi connectivity index (χ0) is 17.9. The number of benzene rings is 2. The Bertz CT molecular complexity index is 978. The lowest BCUT2D eigenvalue weighted by Crippen LogP contribution is -2.11. The maximum absolute atomic E-state index is 11.3. The van der Waals surface area contributed by atoms with Crippen LogP contribution in [0.3, 0.4) is 0 Å². The predicted molar refractivity (Wildman–Crippen MR) is 98.0 cm³/mol. The van der Waals surface area contributed by atoms with Gasteiger partial charge in [-0.3, -0.25) is 5.01 Å². The van der Waals surface area contributed by atoms with Gasteiger partial charge in [-0.1, -0.05) is 18.2 Å². The minimum Gasteiger partial charge on any atom is -0.455 e. The van der Waals surface area contributed by atoms with Gasteiger partial charge in [0.25, 0.3) is 0 Å². The number of hydrogen-bond acceptors (Lipinski definition) is 5. The van der Waals surface area contributed by atoms with Crippen LogP contribution in [0.2, 0.25) is 0 Å². The van der Waals surface area contributed by atoms with Crippen LogP contribution < -0.4 is 10.1 Å². The van der Waals surface area contributed by atoms with Gasteiger partial charge in [0.15, 0.2) is 0 Å². The van der Waals surface area contributed by atoms with Crippen molar-refractivity contribution in [2.24, 2.45) is 10.2 Å². The second-order valence-electron chi connectivity index (χ2n) is 5.38. The van der Waals surface area contributed by atoms with Crippen molar-refractivity contribution in [2.75, 3.05) is 12.1 Å². The van der Waals surface area contributed by atoms with E-state index in [1.54, 1.807) is 35.5 Å². The summed E-state index contributed by atoms with van der Waals surface area (Å²) in [6, 6.07) is 19.5. The summed E-state index contributed by atoms with van der Waals surface area (Å²) in [5.74, 6) is 1.21. The Morgan fingerprint density at radius 1 is 1.00 bits per heavy atom. The van der Waals surface area contributed by atoms with Crippen molar-refractivity contribution in [1.29, 1.82) is 0 Å². The number of nitrogens with two attached hydrogens (primary N) is 1. The monoisotopic (exact) mass is 355 g/mol. The molecule has 0 aliphatic carbocycles. The van der Waals surface area contributed by atoms with Gasteiger partial charge >= 0.3 is 0 Å². The van der Waals surface area contributed by atoms with E-state index in [0.29, 0.717) is 11.5 Å². The van der Waals surface area contributed by atoms with Crippen LogP contribution in [0.15, 0.2) is 81.1 Å². The highest BCUT2D eigenvalue weighted by molar-refractivity contribution is 7.89. The number of hydrazone groups is 1. The van der Waals surface area contributed by atoms with Crippen molar-refractivity contribution in [1.82, 2.24) is 0 Å². The van der Waals surface area contributed by atoms with Crippen LogP contribution in [0.25, 0.3) is 11.3 Å². The van der Waals surface area contributed by atoms with E-state index in [0.717, 1.165) is 11.3 Å². The van der Waals surface area contributed by atoms with E-state index in [1.165, 1.54) is 12.1 Å². The van der Waals surface area contributed by atoms with E-state index in [-0.39, 0.29) is 4.90 Å². The first kappa shape index (κ1) is 16.9. The van der Waals surface area contributed by atoms with Gasteiger partial charge in [-0.15, -0.1) is 0 Å². The zero-order valence-electron chi connectivity index (χ0n) is 13.5. The fourth-order valence-electron chi connectivity index (χ4n) is 2.24. The van der Waals surface area contributed by atoms with Crippen LogP contribution in [-0.2, 0) is 10.0 Å². The number of rotatable bonds is 5. The number of nitrogens with zero attached hydrogens (tertiary/aromatic N) is 2. The molecule has 0 fully saturated rings. The zero-order valence-corrected chi connectivity index (χ0v) is 14.3. The SMILES string of the molecule is CN(/N=C\c1ccc(-c2ccc(S(N)(=O)=O)cc2)o1)c1ccccc1. The van der Waals surface area contributed by atoms with Gasteiger partial charge in [-0.2, -0.15) is 5.10 Å². The molecule has 0 amide bonds. The van der Waals surface area contributed by atoms with Crippen LogP contribution in [-0.4, -0.2) is 21.7 Å². The molecule has 128 valence electrons. The Hall–Kier alpha value is -2.90. The minimum absolute atomic E-state index is 0.0640. The summed E-state index contributed by atoms with van der Waals surface area (Å²) < 4.78 is 28.3. The van der Waals surface area contributed by atoms with Crippen LogP contribution in [0.1, 0.15) is 5.76 Å². The summed E-state index contributed by atoms with van der Waals surface area (Å²) in [6.07, 6.45) is 1.62. The summed E-state index contributed by atoms with van der Waals surface area (Å²) >= 11 is 0. The second-order valence-corrected chi connectivity index (χ2v) is 6.94. The van der Waals surface area contributed by atoms with Gasteiger partial charge < -0.3 is 4.42 Å². The first-order valence-corrected chi connectivity index (χ1v) is 9.04. The van der Waals surface area contributed by atoms with Crippen molar-refractivity contribution in [3.05, 3.63) is 72.5 Å². The normalized spacial score (nSPS) is 11.8. The third-order valence-corrected chi connectivity index (χ3v) is 4.51. The summed E-state index contributed by atoms with van der Waals surface area (Å²) in [6.45, 7) is 0. The van der Waals surface area contributed by atoms with Gasteiger partial charge in [-0.25, -0.2) is 13.6 Å². The first-order valence-electron chi connectivity index (χ1n) is 7.49. The molecule has 0 aliphatic rings. The number of anilines is 1. The highest BCUT2D eigenvalue weighted by atomic mass is 32.2. The van der Waals surface area contributed by atoms with E-state index < -0.39 is 10.0 Å². The molecule has 0 radical (unpaired) electrons. The molecule has 2 aromatic carbocycles. The standard InChI is InChI=1S/C18H17N3O3S/c1-21(15-5-3-2-4-6-15)20-13-16-9-12-18(24-16)14-7-10-17(11-8-14)25(19,22)23/h2-13H,1H3,(H2,19,22,23)/b20-13-. The Morgan fingerprint density at radius 3 is 2.32 bits per heavy atom. The van der Waals surface area contributed by atoms with E-state index in [1.807, 2.05) is 37.4 Å². The molecule has 1 heterocycles. The van der Waals surface area contributed by atoms with E-state index >= 15 is 0 Å². The summed E-state index contributed by atoms with van der Waals surface area (Å²) in [5.41, 5.74) is 1.72. The Morgan fingerprint density at radius 2 is 1.68 bits per heavy atom. The minimum atomic E-state index is -3.70. The van der Waals surface area contributed by atoms with Gasteiger partial charge in [0, 0.05) is 12.6 Å². The quantitative estimate of drug-likeness (QED) is 0.563. The van der Waals surface area contributed by atoms with E-state index in [9.17, 15) is 8.42 Å². The molecule has 25 heavy (non-hydrogen) atoms. The molecular weight excluding hydrogens is 338 g/mol. The maximum Gasteiger partial charge on any atom is 0.238 e. The molecule has 0 saturated heterocycles. The Kier molecular flexibility index (Phi) is 4.69. The Balaban J connectivity index is 1.75. The average molecular weight is 355 g/mol. The summed E-state index contributed by atoms with van der Waals surface area (Å²) in [7, 11) is -1.85. The molecule has 6 nitrogen and oxygen atoms in total. The molecule has 0 unspecified atom stereocenters. The third-order valence-electron chi connectivity index (χ3n) is 3.58. The summed E-state index contributed by atoms with van der Waals surface area (Å²) in [5, 5.41) is 11.2. The molecule has 0 aliphatic heterocycles. The number of furan rings is 1. The molecule has 1 aromatic heterocycles. The van der Waals surface area contributed by atoms with E-state index in [2.05, 4.69) is 5.10 Å². The lowest BCUT2D eigenvalue weighted by Gasteiger charge is -2.11. The molecule has 0 spiro atoms. The Labute approximate surface area is 146 Å². The van der Waals surface area contributed by atoms with Crippen molar-refractivity contribution in [2.45, 2.75) is 4.90 Å². The van der Waals surface area contributed by atoms with Crippen molar-refractivity contribution in [3.63, 3.8) is 0 Å². The molecule has 3 rings (SSSR count). The molecular formula is C18H17N3O3S. The van der Waals surface area contributed by atoms with Gasteiger partial charge in [0.2, 0.25) is 10.0 Å². The van der Waals surface area contributed by atoms with Crippen LogP contribution in [0, 0.1) is 0 Å². The summed E-state index contributed by atoms with van der Waals surface area (Å²) in [4.78, 5) is 0.0640. The molecule has 0 saturated carbocycles. The van der Waals surface area contributed by atoms with Crippen LogP contribution in [0.4, 0.5) is 5.69 Å². The lowest BCUT2D eigenvalue weighted by atomic mass is 10.2. The van der Waals surface area contributed by atoms with E-state index in [4.69, 9.17) is 9.56 Å². The first-order chi connectivity index (χ1) is 11.9. The average Bonchev–Trinajstić information content (AvgIpc) is 3.09. The molecule has 7 heteroatoms. The fourth-order valence-corrected chi connectivity index (χ4v) is 2.76. The number of hydrogen-bond donors (Lipinski definition) is 1. The van der Waals surface area contributed by atoms with Crippen LogP contribution in [0.5, 0.6) is 0 Å². The molecule has 0 bridgehead atoms. The predicted octanol–water partition coefficient (Wildman–Crippen LogP) is 3.06. The molecule has 3 aromatic rings.